The summed E-state index contributed by atoms with van der Waals surface area (Å²) in [5.74, 6) is 0.578. The average Bonchev–Trinajstić information content (AvgIpc) is 2.21. The molecule has 0 aromatic heterocycles. The van der Waals surface area contributed by atoms with E-state index < -0.39 is 5.41 Å². The van der Waals surface area contributed by atoms with Crippen molar-refractivity contribution in [3.8, 4) is 0 Å². The van der Waals surface area contributed by atoms with E-state index in [-0.39, 0.29) is 11.8 Å². The van der Waals surface area contributed by atoms with Crippen LogP contribution in [0.2, 0.25) is 0 Å². The summed E-state index contributed by atoms with van der Waals surface area (Å²) < 4.78 is 5.13. The zero-order valence-corrected chi connectivity index (χ0v) is 10.5. The molecule has 1 aliphatic rings. The fourth-order valence-corrected chi connectivity index (χ4v) is 2.53. The van der Waals surface area contributed by atoms with E-state index >= 15 is 0 Å². The lowest BCUT2D eigenvalue weighted by Crippen LogP contribution is -2.38. The minimum Gasteiger partial charge on any atom is -0.466 e. The maximum Gasteiger partial charge on any atom is 0.312 e. The Kier molecular flexibility index (Phi) is 4.51. The Labute approximate surface area is 97.5 Å². The first-order valence-corrected chi connectivity index (χ1v) is 6.17. The van der Waals surface area contributed by atoms with E-state index in [1.54, 1.807) is 6.92 Å². The second-order valence-electron chi connectivity index (χ2n) is 5.06. The fourth-order valence-electron chi connectivity index (χ4n) is 2.53. The van der Waals surface area contributed by atoms with Gasteiger partial charge in [-0.3, -0.25) is 9.59 Å². The Balaban J connectivity index is 2.76. The van der Waals surface area contributed by atoms with Gasteiger partial charge in [0.05, 0.1) is 12.0 Å². The maximum atomic E-state index is 12.0. The summed E-state index contributed by atoms with van der Waals surface area (Å²) in [4.78, 5) is 23.3. The average molecular weight is 226 g/mol. The largest absolute Gasteiger partial charge is 0.466 e. The van der Waals surface area contributed by atoms with Crippen LogP contribution < -0.4 is 0 Å². The van der Waals surface area contributed by atoms with Crippen LogP contribution in [-0.4, -0.2) is 18.4 Å². The molecule has 0 radical (unpaired) electrons. The number of ether oxygens (including phenoxy) is 1. The number of hydrogen-bond donors (Lipinski definition) is 0. The second kappa shape index (κ2) is 5.46. The van der Waals surface area contributed by atoms with Gasteiger partial charge in [-0.05, 0) is 45.4 Å². The van der Waals surface area contributed by atoms with Crippen LogP contribution in [0.15, 0.2) is 0 Å². The van der Waals surface area contributed by atoms with Crippen LogP contribution in [-0.2, 0) is 14.3 Å². The number of ketones is 1. The summed E-state index contributed by atoms with van der Waals surface area (Å²) in [6.45, 7) is 5.96. The van der Waals surface area contributed by atoms with Gasteiger partial charge < -0.3 is 4.74 Å². The molecule has 0 bridgehead atoms. The predicted molar refractivity (Wildman–Crippen MR) is 62.0 cm³/mol. The molecule has 0 heterocycles. The first-order chi connectivity index (χ1) is 7.50. The molecule has 0 aromatic rings. The summed E-state index contributed by atoms with van der Waals surface area (Å²) in [6.07, 6.45) is 3.98. The highest BCUT2D eigenvalue weighted by atomic mass is 16.5. The third-order valence-electron chi connectivity index (χ3n) is 3.53. The molecule has 0 unspecified atom stereocenters. The summed E-state index contributed by atoms with van der Waals surface area (Å²) in [5.41, 5.74) is -0.519. The Morgan fingerprint density at radius 3 is 2.31 bits per heavy atom. The molecule has 16 heavy (non-hydrogen) atoms. The molecule has 1 aliphatic carbocycles. The number of Topliss-reactive ketones (excluding diaryl/α,β-unsaturated/α-hetero) is 1. The number of carbonyl (C=O) groups excluding carboxylic acids is 2. The molecule has 0 N–H and O–H groups in total. The predicted octanol–water partition coefficient (Wildman–Crippen LogP) is 2.73. The minimum atomic E-state index is -0.519. The van der Waals surface area contributed by atoms with E-state index in [9.17, 15) is 9.59 Å². The standard InChI is InChI=1S/C13H22O3/c1-4-16-12(15)13(9-11(3)14)7-5-10(2)6-8-13/h10H,4-9H2,1-3H3. The molecular weight excluding hydrogens is 204 g/mol. The van der Waals surface area contributed by atoms with Gasteiger partial charge in [0.15, 0.2) is 0 Å². The molecule has 0 saturated heterocycles. The summed E-state index contributed by atoms with van der Waals surface area (Å²) in [7, 11) is 0. The molecule has 0 aromatic carbocycles. The molecule has 0 aliphatic heterocycles. The van der Waals surface area contributed by atoms with Gasteiger partial charge in [-0.2, -0.15) is 0 Å². The summed E-state index contributed by atoms with van der Waals surface area (Å²) in [5, 5.41) is 0. The molecule has 0 spiro atoms. The highest BCUT2D eigenvalue weighted by molar-refractivity contribution is 5.85. The van der Waals surface area contributed by atoms with Gasteiger partial charge in [-0.15, -0.1) is 0 Å². The molecular formula is C13H22O3. The van der Waals surface area contributed by atoms with Gasteiger partial charge in [0.25, 0.3) is 0 Å². The minimum absolute atomic E-state index is 0.0857. The Morgan fingerprint density at radius 1 is 1.31 bits per heavy atom. The number of esters is 1. The fraction of sp³-hybridized carbons (Fsp3) is 0.846. The van der Waals surface area contributed by atoms with Crippen molar-refractivity contribution in [1.29, 1.82) is 0 Å². The smallest absolute Gasteiger partial charge is 0.312 e. The van der Waals surface area contributed by atoms with Crippen molar-refractivity contribution < 1.29 is 14.3 Å². The lowest BCUT2D eigenvalue weighted by Gasteiger charge is -2.36. The van der Waals surface area contributed by atoms with Crippen molar-refractivity contribution >= 4 is 11.8 Å². The molecule has 3 nitrogen and oxygen atoms in total. The maximum absolute atomic E-state index is 12.0. The van der Waals surface area contributed by atoms with E-state index in [4.69, 9.17) is 4.74 Å². The van der Waals surface area contributed by atoms with Crippen molar-refractivity contribution in [2.45, 2.75) is 52.9 Å². The molecule has 1 rings (SSSR count). The molecule has 0 amide bonds. The van der Waals surface area contributed by atoms with Gasteiger partial charge in [0.1, 0.15) is 5.78 Å². The topological polar surface area (TPSA) is 43.4 Å². The van der Waals surface area contributed by atoms with Crippen molar-refractivity contribution in [3.63, 3.8) is 0 Å². The zero-order chi connectivity index (χ0) is 12.2. The second-order valence-corrected chi connectivity index (χ2v) is 5.06. The molecule has 1 fully saturated rings. The van der Waals surface area contributed by atoms with Crippen molar-refractivity contribution in [3.05, 3.63) is 0 Å². The van der Waals surface area contributed by atoms with E-state index in [0.717, 1.165) is 25.7 Å². The highest BCUT2D eigenvalue weighted by Gasteiger charge is 2.43. The molecule has 1 saturated carbocycles. The molecule has 0 atom stereocenters. The number of hydrogen-bond acceptors (Lipinski definition) is 3. The first kappa shape index (κ1) is 13.2. The first-order valence-electron chi connectivity index (χ1n) is 6.17. The van der Waals surface area contributed by atoms with Crippen LogP contribution in [0.1, 0.15) is 52.9 Å². The van der Waals surface area contributed by atoms with Gasteiger partial charge >= 0.3 is 5.97 Å². The lowest BCUT2D eigenvalue weighted by molar-refractivity contribution is -0.160. The van der Waals surface area contributed by atoms with E-state index in [1.807, 2.05) is 6.92 Å². The Bertz CT molecular complexity index is 262. The summed E-state index contributed by atoms with van der Waals surface area (Å²) >= 11 is 0. The van der Waals surface area contributed by atoms with Crippen LogP contribution in [0.5, 0.6) is 0 Å². The van der Waals surface area contributed by atoms with Gasteiger partial charge in [0, 0.05) is 6.42 Å². The van der Waals surface area contributed by atoms with Crippen LogP contribution in [0.3, 0.4) is 0 Å². The van der Waals surface area contributed by atoms with E-state index in [2.05, 4.69) is 6.92 Å². The SMILES string of the molecule is CCOC(=O)C1(CC(C)=O)CCC(C)CC1. The zero-order valence-electron chi connectivity index (χ0n) is 10.5. The van der Waals surface area contributed by atoms with Crippen LogP contribution in [0.25, 0.3) is 0 Å². The van der Waals surface area contributed by atoms with Crippen molar-refractivity contribution in [1.82, 2.24) is 0 Å². The normalized spacial score (nSPS) is 29.8. The highest BCUT2D eigenvalue weighted by Crippen LogP contribution is 2.42. The van der Waals surface area contributed by atoms with E-state index in [0.29, 0.717) is 18.9 Å². The van der Waals surface area contributed by atoms with Crippen molar-refractivity contribution in [2.24, 2.45) is 11.3 Å². The Hall–Kier alpha value is -0.860. The number of rotatable bonds is 4. The quantitative estimate of drug-likeness (QED) is 0.692. The van der Waals surface area contributed by atoms with Crippen molar-refractivity contribution in [2.75, 3.05) is 6.61 Å². The van der Waals surface area contributed by atoms with Crippen LogP contribution in [0.4, 0.5) is 0 Å². The molecule has 92 valence electrons. The van der Waals surface area contributed by atoms with Gasteiger partial charge in [0.2, 0.25) is 0 Å². The van der Waals surface area contributed by atoms with Gasteiger partial charge in [-0.1, -0.05) is 6.92 Å². The Morgan fingerprint density at radius 2 is 1.88 bits per heavy atom. The summed E-state index contributed by atoms with van der Waals surface area (Å²) in [6, 6.07) is 0. The van der Waals surface area contributed by atoms with Crippen LogP contribution in [0, 0.1) is 11.3 Å². The lowest BCUT2D eigenvalue weighted by atomic mass is 9.68. The third-order valence-corrected chi connectivity index (χ3v) is 3.53. The molecule has 3 heteroatoms. The monoisotopic (exact) mass is 226 g/mol. The number of carbonyl (C=O) groups is 2. The van der Waals surface area contributed by atoms with Gasteiger partial charge in [-0.25, -0.2) is 0 Å². The third kappa shape index (κ3) is 3.06. The van der Waals surface area contributed by atoms with E-state index in [1.165, 1.54) is 0 Å². The van der Waals surface area contributed by atoms with Crippen LogP contribution >= 0.6 is 0 Å².